The first kappa shape index (κ1) is 25.9. The summed E-state index contributed by atoms with van der Waals surface area (Å²) >= 11 is 1.76. The number of fused-ring (bicyclic) bond motifs is 3. The minimum atomic E-state index is -1.11. The Morgan fingerprint density at radius 3 is 2.45 bits per heavy atom. The number of carbonyl (C=O) groups is 1. The normalized spacial score (nSPS) is 16.8. The van der Waals surface area contributed by atoms with E-state index in [2.05, 4.69) is 19.9 Å². The number of hydrogen-bond donors (Lipinski definition) is 1. The maximum absolute atomic E-state index is 12.6. The second-order valence-electron chi connectivity index (χ2n) is 10.5. The third kappa shape index (κ3) is 5.67. The van der Waals surface area contributed by atoms with Crippen molar-refractivity contribution < 1.29 is 19.4 Å². The van der Waals surface area contributed by atoms with Crippen LogP contribution in [0.2, 0.25) is 0 Å². The number of thiophene rings is 1. The molecule has 0 radical (unpaired) electrons. The zero-order chi connectivity index (χ0) is 24.5. The SMILES string of the molecule is COC(C)/C(=C\CC(C)C)c1c([C@H](OC(C)(C)C)C(=O)O)c(C)nc2sc3c(c12)CCCC3. The molecule has 0 bridgehead atoms. The minimum Gasteiger partial charge on any atom is -0.479 e. The van der Waals surface area contributed by atoms with Crippen LogP contribution < -0.4 is 0 Å². The molecular formula is C27H39NO4S. The lowest BCUT2D eigenvalue weighted by Crippen LogP contribution is -2.29. The van der Waals surface area contributed by atoms with Crippen molar-refractivity contribution in [3.63, 3.8) is 0 Å². The highest BCUT2D eigenvalue weighted by Crippen LogP contribution is 2.45. The first-order chi connectivity index (χ1) is 15.4. The van der Waals surface area contributed by atoms with Crippen LogP contribution >= 0.6 is 11.3 Å². The maximum atomic E-state index is 12.6. The summed E-state index contributed by atoms with van der Waals surface area (Å²) in [5.74, 6) is -0.517. The van der Waals surface area contributed by atoms with Crippen LogP contribution in [-0.2, 0) is 27.1 Å². The first-order valence-electron chi connectivity index (χ1n) is 12.0. The van der Waals surface area contributed by atoms with Crippen LogP contribution in [0, 0.1) is 12.8 Å². The number of pyridine rings is 1. The van der Waals surface area contributed by atoms with E-state index < -0.39 is 17.7 Å². The van der Waals surface area contributed by atoms with E-state index >= 15 is 0 Å². The highest BCUT2D eigenvalue weighted by atomic mass is 32.1. The van der Waals surface area contributed by atoms with E-state index in [1.54, 1.807) is 18.4 Å². The molecule has 2 aromatic heterocycles. The van der Waals surface area contributed by atoms with Crippen LogP contribution in [0.1, 0.15) is 94.2 Å². The van der Waals surface area contributed by atoms with E-state index in [0.29, 0.717) is 17.2 Å². The maximum Gasteiger partial charge on any atom is 0.337 e. The first-order valence-corrected chi connectivity index (χ1v) is 12.8. The molecule has 0 fully saturated rings. The number of carboxylic acid groups (broad SMARTS) is 1. The molecular weight excluding hydrogens is 434 g/mol. The zero-order valence-electron chi connectivity index (χ0n) is 21.4. The Bertz CT molecular complexity index is 1040. The molecule has 5 nitrogen and oxygen atoms in total. The molecule has 0 spiro atoms. The average molecular weight is 474 g/mol. The minimum absolute atomic E-state index is 0.185. The van der Waals surface area contributed by atoms with E-state index in [9.17, 15) is 9.90 Å². The second kappa shape index (κ2) is 10.2. The smallest absolute Gasteiger partial charge is 0.337 e. The van der Waals surface area contributed by atoms with Gasteiger partial charge < -0.3 is 14.6 Å². The quantitative estimate of drug-likeness (QED) is 0.452. The lowest BCUT2D eigenvalue weighted by atomic mass is 9.85. The van der Waals surface area contributed by atoms with Crippen molar-refractivity contribution in [2.45, 2.75) is 98.4 Å². The molecule has 0 aromatic carbocycles. The molecule has 0 amide bonds. The van der Waals surface area contributed by atoms with Gasteiger partial charge in [-0.3, -0.25) is 0 Å². The zero-order valence-corrected chi connectivity index (χ0v) is 22.2. The van der Waals surface area contributed by atoms with Gasteiger partial charge >= 0.3 is 5.97 Å². The van der Waals surface area contributed by atoms with E-state index in [-0.39, 0.29) is 6.10 Å². The standard InChI is InChI=1S/C27H39NO4S/c1-15(2)13-14-18(17(4)31-8)22-21(24(26(29)30)32-27(5,6)7)16(3)28-25-23(22)19-11-9-10-12-20(19)33-25/h14-15,17,24H,9-13H2,1-8H3,(H,29,30)/b18-14+/t17?,24-/m0/s1. The topological polar surface area (TPSA) is 68.7 Å². The molecule has 3 rings (SSSR count). The van der Waals surface area contributed by atoms with Gasteiger partial charge in [0.05, 0.1) is 11.7 Å². The molecule has 33 heavy (non-hydrogen) atoms. The van der Waals surface area contributed by atoms with Crippen LogP contribution in [0.5, 0.6) is 0 Å². The monoisotopic (exact) mass is 473 g/mol. The lowest BCUT2D eigenvalue weighted by molar-refractivity contribution is -0.160. The Morgan fingerprint density at radius 1 is 1.21 bits per heavy atom. The highest BCUT2D eigenvalue weighted by molar-refractivity contribution is 7.18. The summed E-state index contributed by atoms with van der Waals surface area (Å²) in [6.45, 7) is 14.0. The van der Waals surface area contributed by atoms with Crippen molar-refractivity contribution in [1.82, 2.24) is 4.98 Å². The van der Waals surface area contributed by atoms with Gasteiger partial charge in [-0.2, -0.15) is 0 Å². The fourth-order valence-electron chi connectivity index (χ4n) is 4.58. The Morgan fingerprint density at radius 2 is 1.88 bits per heavy atom. The van der Waals surface area contributed by atoms with Gasteiger partial charge in [0.2, 0.25) is 0 Å². The fourth-order valence-corrected chi connectivity index (χ4v) is 5.90. The van der Waals surface area contributed by atoms with Gasteiger partial charge in [0.15, 0.2) is 6.10 Å². The Labute approximate surface area is 202 Å². The number of aryl methyl sites for hydroxylation is 3. The van der Waals surface area contributed by atoms with E-state index in [1.807, 2.05) is 34.6 Å². The van der Waals surface area contributed by atoms with Crippen molar-refractivity contribution in [2.24, 2.45) is 5.92 Å². The number of rotatable bonds is 8. The predicted octanol–water partition coefficient (Wildman–Crippen LogP) is 6.89. The number of aliphatic carboxylic acids is 1. The summed E-state index contributed by atoms with van der Waals surface area (Å²) in [6.07, 6.45) is 6.23. The van der Waals surface area contributed by atoms with Crippen LogP contribution in [0.15, 0.2) is 6.08 Å². The number of ether oxygens (including phenoxy) is 2. The van der Waals surface area contributed by atoms with Crippen molar-refractivity contribution in [3.8, 4) is 0 Å². The van der Waals surface area contributed by atoms with Gasteiger partial charge in [0.1, 0.15) is 4.83 Å². The van der Waals surface area contributed by atoms with Crippen LogP contribution in [0.4, 0.5) is 0 Å². The van der Waals surface area contributed by atoms with Crippen molar-refractivity contribution in [3.05, 3.63) is 33.3 Å². The van der Waals surface area contributed by atoms with E-state index in [1.165, 1.54) is 16.9 Å². The highest BCUT2D eigenvalue weighted by Gasteiger charge is 2.35. The molecule has 1 N–H and O–H groups in total. The fraction of sp³-hybridized carbons (Fsp3) is 0.630. The van der Waals surface area contributed by atoms with E-state index in [0.717, 1.165) is 47.0 Å². The van der Waals surface area contributed by atoms with Crippen LogP contribution in [0.3, 0.4) is 0 Å². The molecule has 2 atom stereocenters. The van der Waals surface area contributed by atoms with Crippen molar-refractivity contribution in [1.29, 1.82) is 0 Å². The number of aromatic nitrogens is 1. The molecule has 182 valence electrons. The Kier molecular flexibility index (Phi) is 8.03. The number of nitrogens with zero attached hydrogens (tertiary/aromatic N) is 1. The summed E-state index contributed by atoms with van der Waals surface area (Å²) in [5, 5.41) is 11.4. The molecule has 0 saturated heterocycles. The summed E-state index contributed by atoms with van der Waals surface area (Å²) < 4.78 is 12.0. The molecule has 1 aliphatic carbocycles. The third-order valence-electron chi connectivity index (χ3n) is 6.18. The summed E-state index contributed by atoms with van der Waals surface area (Å²) in [6, 6.07) is 0. The van der Waals surface area contributed by atoms with Crippen LogP contribution in [-0.4, -0.2) is 34.9 Å². The van der Waals surface area contributed by atoms with Gasteiger partial charge in [-0.25, -0.2) is 9.78 Å². The molecule has 6 heteroatoms. The van der Waals surface area contributed by atoms with Gasteiger partial charge in [-0.1, -0.05) is 19.9 Å². The van der Waals surface area contributed by atoms with Gasteiger partial charge in [0, 0.05) is 28.6 Å². The number of carboxylic acids is 1. The molecule has 0 aliphatic heterocycles. The van der Waals surface area contributed by atoms with Gasteiger partial charge in [-0.05, 0) is 89.3 Å². The molecule has 0 saturated carbocycles. The Balaban J connectivity index is 2.43. The molecule has 1 unspecified atom stereocenters. The summed E-state index contributed by atoms with van der Waals surface area (Å²) in [7, 11) is 1.71. The molecule has 1 aliphatic rings. The number of hydrogen-bond acceptors (Lipinski definition) is 5. The van der Waals surface area contributed by atoms with Crippen LogP contribution in [0.25, 0.3) is 15.8 Å². The second-order valence-corrected chi connectivity index (χ2v) is 11.6. The largest absolute Gasteiger partial charge is 0.479 e. The Hall–Kier alpha value is -1.76. The molecule has 2 aromatic rings. The molecule has 2 heterocycles. The number of allylic oxidation sites excluding steroid dienone is 1. The number of methoxy groups -OCH3 is 1. The van der Waals surface area contributed by atoms with Gasteiger partial charge in [0.25, 0.3) is 0 Å². The van der Waals surface area contributed by atoms with E-state index in [4.69, 9.17) is 14.5 Å². The summed E-state index contributed by atoms with van der Waals surface area (Å²) in [5.41, 5.74) is 4.09. The predicted molar refractivity (Wildman–Crippen MR) is 136 cm³/mol. The summed E-state index contributed by atoms with van der Waals surface area (Å²) in [4.78, 5) is 19.9. The van der Waals surface area contributed by atoms with Crippen molar-refractivity contribution >= 4 is 33.1 Å². The van der Waals surface area contributed by atoms with Crippen molar-refractivity contribution in [2.75, 3.05) is 7.11 Å². The third-order valence-corrected chi connectivity index (χ3v) is 7.36. The van der Waals surface area contributed by atoms with Gasteiger partial charge in [-0.15, -0.1) is 11.3 Å². The average Bonchev–Trinajstić information content (AvgIpc) is 3.08. The lowest BCUT2D eigenvalue weighted by Gasteiger charge is -2.29.